The summed E-state index contributed by atoms with van der Waals surface area (Å²) in [5.41, 5.74) is 1.85. The van der Waals surface area contributed by atoms with E-state index in [1.165, 1.54) is 12.3 Å². The van der Waals surface area contributed by atoms with Crippen molar-refractivity contribution < 1.29 is 9.13 Å². The Labute approximate surface area is 93.7 Å². The fourth-order valence-corrected chi connectivity index (χ4v) is 1.40. The second-order valence-corrected chi connectivity index (χ2v) is 3.49. The first-order chi connectivity index (χ1) is 7.84. The molecule has 0 radical (unpaired) electrons. The van der Waals surface area contributed by atoms with E-state index in [4.69, 9.17) is 4.74 Å². The third-order valence-corrected chi connectivity index (χ3v) is 2.14. The van der Waals surface area contributed by atoms with E-state index in [1.807, 2.05) is 30.3 Å². The normalized spacial score (nSPS) is 10.3. The smallest absolute Gasteiger partial charge is 0.141 e. The number of hydrogen-bond donors (Lipinski definition) is 0. The zero-order chi connectivity index (χ0) is 11.2. The number of benzene rings is 1. The van der Waals surface area contributed by atoms with Crippen molar-refractivity contribution in [3.8, 4) is 0 Å². The summed E-state index contributed by atoms with van der Waals surface area (Å²) in [7, 11) is 0. The van der Waals surface area contributed by atoms with E-state index in [0.29, 0.717) is 13.2 Å². The average molecular weight is 217 g/mol. The minimum Gasteiger partial charge on any atom is -0.372 e. The number of rotatable bonds is 4. The highest BCUT2D eigenvalue weighted by Gasteiger charge is 1.97. The van der Waals surface area contributed by atoms with E-state index in [2.05, 4.69) is 4.98 Å². The summed E-state index contributed by atoms with van der Waals surface area (Å²) in [4.78, 5) is 3.75. The molecule has 82 valence electrons. The van der Waals surface area contributed by atoms with E-state index in [-0.39, 0.29) is 5.82 Å². The number of hydrogen-bond acceptors (Lipinski definition) is 2. The first-order valence-corrected chi connectivity index (χ1v) is 5.06. The van der Waals surface area contributed by atoms with Crippen molar-refractivity contribution in [3.63, 3.8) is 0 Å². The predicted molar refractivity (Wildman–Crippen MR) is 59.1 cm³/mol. The van der Waals surface area contributed by atoms with Crippen LogP contribution >= 0.6 is 0 Å². The van der Waals surface area contributed by atoms with Gasteiger partial charge in [0.25, 0.3) is 0 Å². The highest BCUT2D eigenvalue weighted by molar-refractivity contribution is 5.14. The second-order valence-electron chi connectivity index (χ2n) is 3.49. The van der Waals surface area contributed by atoms with Crippen molar-refractivity contribution in [2.75, 3.05) is 0 Å². The van der Waals surface area contributed by atoms with E-state index >= 15 is 0 Å². The molecule has 3 heteroatoms. The fraction of sp³-hybridized carbons (Fsp3) is 0.154. The van der Waals surface area contributed by atoms with Gasteiger partial charge in [0, 0.05) is 6.20 Å². The largest absolute Gasteiger partial charge is 0.372 e. The number of pyridine rings is 1. The summed E-state index contributed by atoms with van der Waals surface area (Å²) < 4.78 is 18.3. The van der Waals surface area contributed by atoms with Crippen LogP contribution in [0.2, 0.25) is 0 Å². The Hall–Kier alpha value is -1.74. The van der Waals surface area contributed by atoms with Crippen LogP contribution in [0, 0.1) is 5.82 Å². The van der Waals surface area contributed by atoms with Gasteiger partial charge in [0.1, 0.15) is 5.82 Å². The minimum absolute atomic E-state index is 0.333. The van der Waals surface area contributed by atoms with Gasteiger partial charge in [0.2, 0.25) is 0 Å². The van der Waals surface area contributed by atoms with Gasteiger partial charge in [-0.15, -0.1) is 0 Å². The van der Waals surface area contributed by atoms with Crippen LogP contribution in [0.1, 0.15) is 11.1 Å². The van der Waals surface area contributed by atoms with Crippen LogP contribution in [-0.4, -0.2) is 4.98 Å². The lowest BCUT2D eigenvalue weighted by Crippen LogP contribution is -1.95. The molecule has 0 saturated heterocycles. The molecule has 0 spiro atoms. The molecule has 1 aromatic heterocycles. The lowest BCUT2D eigenvalue weighted by Gasteiger charge is -2.04. The lowest BCUT2D eigenvalue weighted by atomic mass is 10.2. The summed E-state index contributed by atoms with van der Waals surface area (Å²) in [5, 5.41) is 0. The Balaban J connectivity index is 1.85. The molecule has 0 bridgehead atoms. The molecular formula is C13H12FNO. The summed E-state index contributed by atoms with van der Waals surface area (Å²) >= 11 is 0. The van der Waals surface area contributed by atoms with Gasteiger partial charge >= 0.3 is 0 Å². The second kappa shape index (κ2) is 5.37. The Morgan fingerprint density at radius 3 is 2.50 bits per heavy atom. The molecule has 1 heterocycles. The summed E-state index contributed by atoms with van der Waals surface area (Å²) in [6.07, 6.45) is 2.79. The third kappa shape index (κ3) is 3.14. The molecule has 0 unspecified atom stereocenters. The van der Waals surface area contributed by atoms with E-state index < -0.39 is 0 Å². The van der Waals surface area contributed by atoms with E-state index in [1.54, 1.807) is 6.20 Å². The number of halogens is 1. The fourth-order valence-electron chi connectivity index (χ4n) is 1.40. The van der Waals surface area contributed by atoms with Crippen LogP contribution in [0.4, 0.5) is 4.39 Å². The Morgan fingerprint density at radius 1 is 1.00 bits per heavy atom. The van der Waals surface area contributed by atoms with Crippen LogP contribution in [0.5, 0.6) is 0 Å². The van der Waals surface area contributed by atoms with Crippen molar-refractivity contribution in [2.24, 2.45) is 0 Å². The van der Waals surface area contributed by atoms with Gasteiger partial charge in [-0.3, -0.25) is 4.98 Å². The first-order valence-electron chi connectivity index (χ1n) is 5.06. The van der Waals surface area contributed by atoms with Gasteiger partial charge in [-0.1, -0.05) is 30.3 Å². The van der Waals surface area contributed by atoms with Gasteiger partial charge in [0.05, 0.1) is 19.4 Å². The van der Waals surface area contributed by atoms with E-state index in [9.17, 15) is 4.39 Å². The number of aromatic nitrogens is 1. The Morgan fingerprint density at radius 2 is 1.75 bits per heavy atom. The molecule has 0 N–H and O–H groups in total. The topological polar surface area (TPSA) is 22.1 Å². The monoisotopic (exact) mass is 217 g/mol. The Bertz CT molecular complexity index is 445. The van der Waals surface area contributed by atoms with Gasteiger partial charge < -0.3 is 4.74 Å². The van der Waals surface area contributed by atoms with Gasteiger partial charge in [-0.2, -0.15) is 0 Å². The molecule has 2 nitrogen and oxygen atoms in total. The van der Waals surface area contributed by atoms with Gasteiger partial charge in [-0.25, -0.2) is 4.39 Å². The van der Waals surface area contributed by atoms with Crippen molar-refractivity contribution >= 4 is 0 Å². The molecule has 16 heavy (non-hydrogen) atoms. The van der Waals surface area contributed by atoms with Crippen molar-refractivity contribution in [1.29, 1.82) is 0 Å². The zero-order valence-electron chi connectivity index (χ0n) is 8.77. The third-order valence-electron chi connectivity index (χ3n) is 2.14. The standard InChI is InChI=1S/C13H12FNO/c14-13-6-12(7-15-8-13)10-16-9-11-4-2-1-3-5-11/h1-8H,9-10H2. The lowest BCUT2D eigenvalue weighted by molar-refractivity contribution is 0.107. The van der Waals surface area contributed by atoms with Crippen LogP contribution in [-0.2, 0) is 18.0 Å². The van der Waals surface area contributed by atoms with Crippen LogP contribution in [0.15, 0.2) is 48.8 Å². The van der Waals surface area contributed by atoms with Crippen molar-refractivity contribution in [3.05, 3.63) is 65.7 Å². The average Bonchev–Trinajstić information content (AvgIpc) is 2.30. The molecule has 0 aliphatic carbocycles. The van der Waals surface area contributed by atoms with Gasteiger partial charge in [-0.05, 0) is 17.2 Å². The highest BCUT2D eigenvalue weighted by atomic mass is 19.1. The Kier molecular flexibility index (Phi) is 3.62. The molecule has 0 fully saturated rings. The summed E-state index contributed by atoms with van der Waals surface area (Å²) in [6.45, 7) is 0.900. The molecule has 0 saturated carbocycles. The molecule has 0 atom stereocenters. The molecule has 0 amide bonds. The van der Waals surface area contributed by atoms with Crippen LogP contribution in [0.25, 0.3) is 0 Å². The predicted octanol–water partition coefficient (Wildman–Crippen LogP) is 2.94. The highest BCUT2D eigenvalue weighted by Crippen LogP contribution is 2.06. The van der Waals surface area contributed by atoms with Crippen molar-refractivity contribution in [1.82, 2.24) is 4.98 Å². The molecular weight excluding hydrogens is 205 g/mol. The van der Waals surface area contributed by atoms with E-state index in [0.717, 1.165) is 11.1 Å². The summed E-state index contributed by atoms with van der Waals surface area (Å²) in [5.74, 6) is -0.333. The molecule has 1 aromatic carbocycles. The minimum atomic E-state index is -0.333. The quantitative estimate of drug-likeness (QED) is 0.785. The zero-order valence-corrected chi connectivity index (χ0v) is 8.77. The van der Waals surface area contributed by atoms with Crippen LogP contribution in [0.3, 0.4) is 0 Å². The molecule has 2 aromatic rings. The van der Waals surface area contributed by atoms with Crippen molar-refractivity contribution in [2.45, 2.75) is 13.2 Å². The van der Waals surface area contributed by atoms with Gasteiger partial charge in [0.15, 0.2) is 0 Å². The maximum absolute atomic E-state index is 12.8. The number of ether oxygens (including phenoxy) is 1. The van der Waals surface area contributed by atoms with Crippen LogP contribution < -0.4 is 0 Å². The first kappa shape index (κ1) is 10.8. The molecule has 2 rings (SSSR count). The number of nitrogens with zero attached hydrogens (tertiary/aromatic N) is 1. The maximum Gasteiger partial charge on any atom is 0.141 e. The molecule has 0 aliphatic heterocycles. The summed E-state index contributed by atoms with van der Waals surface area (Å²) in [6, 6.07) is 11.3. The SMILES string of the molecule is Fc1cncc(COCc2ccccc2)c1. The maximum atomic E-state index is 12.8. The molecule has 0 aliphatic rings.